The van der Waals surface area contributed by atoms with Crippen LogP contribution in [0.3, 0.4) is 0 Å². The average Bonchev–Trinajstić information content (AvgIpc) is 2.68. The van der Waals surface area contributed by atoms with Crippen LogP contribution in [0, 0.1) is 21.4 Å². The lowest BCUT2D eigenvalue weighted by Crippen LogP contribution is -2.50. The third kappa shape index (κ3) is 4.11. The number of piperazine rings is 1. The zero-order valence-electron chi connectivity index (χ0n) is 14.8. The number of rotatable bonds is 4. The summed E-state index contributed by atoms with van der Waals surface area (Å²) in [6, 6.07) is 6.51. The van der Waals surface area contributed by atoms with Crippen LogP contribution >= 0.6 is 0 Å². The highest BCUT2D eigenvalue weighted by Gasteiger charge is 2.26. The van der Waals surface area contributed by atoms with E-state index in [1.54, 1.807) is 12.1 Å². The summed E-state index contributed by atoms with van der Waals surface area (Å²) in [7, 11) is 0. The van der Waals surface area contributed by atoms with Crippen LogP contribution in [0.4, 0.5) is 11.4 Å². The van der Waals surface area contributed by atoms with E-state index >= 15 is 0 Å². The molecule has 1 aromatic rings. The number of anilines is 1. The summed E-state index contributed by atoms with van der Waals surface area (Å²) in [5, 5.41) is 20.3. The highest BCUT2D eigenvalue weighted by atomic mass is 16.6. The van der Waals surface area contributed by atoms with E-state index in [2.05, 4.69) is 4.90 Å². The monoisotopic (exact) mass is 357 g/mol. The highest BCUT2D eigenvalue weighted by Crippen LogP contribution is 2.29. The quantitative estimate of drug-likeness (QED) is 0.600. The molecule has 2 aliphatic rings. The van der Waals surface area contributed by atoms with Crippen molar-refractivity contribution in [2.75, 3.05) is 50.7 Å². The molecule has 0 atom stereocenters. The second-order valence-corrected chi connectivity index (χ2v) is 6.78. The maximum atomic E-state index is 12.4. The largest absolute Gasteiger partial charge is 0.363 e. The van der Waals surface area contributed by atoms with Gasteiger partial charge in [-0.05, 0) is 31.4 Å². The van der Waals surface area contributed by atoms with Crippen molar-refractivity contribution in [3.8, 4) is 6.07 Å². The maximum Gasteiger partial charge on any atom is 0.293 e. The zero-order valence-corrected chi connectivity index (χ0v) is 14.8. The van der Waals surface area contributed by atoms with Crippen molar-refractivity contribution < 1.29 is 9.72 Å². The molecule has 0 aromatic heterocycles. The second kappa shape index (κ2) is 8.15. The summed E-state index contributed by atoms with van der Waals surface area (Å²) < 4.78 is 0. The van der Waals surface area contributed by atoms with Crippen molar-refractivity contribution in [1.82, 2.24) is 9.80 Å². The molecular formula is C18H23N5O3. The van der Waals surface area contributed by atoms with Crippen LogP contribution in [0.15, 0.2) is 18.2 Å². The van der Waals surface area contributed by atoms with Gasteiger partial charge in [0.25, 0.3) is 5.69 Å². The van der Waals surface area contributed by atoms with Crippen LogP contribution in [-0.2, 0) is 4.79 Å². The molecule has 3 rings (SSSR count). The van der Waals surface area contributed by atoms with E-state index < -0.39 is 4.92 Å². The third-order valence-corrected chi connectivity index (χ3v) is 5.08. The molecule has 0 radical (unpaired) electrons. The van der Waals surface area contributed by atoms with Gasteiger partial charge in [-0.15, -0.1) is 0 Å². The predicted octanol–water partition coefficient (Wildman–Crippen LogP) is 1.60. The predicted molar refractivity (Wildman–Crippen MR) is 96.9 cm³/mol. The van der Waals surface area contributed by atoms with Crippen molar-refractivity contribution in [2.45, 2.75) is 19.3 Å². The standard InChI is InChI=1S/C18H23N5O3/c19-13-15-4-5-16(17(12-15)23(25)26)21-10-8-20(9-11-21)14-18(24)22-6-2-1-3-7-22/h4-5,12H,1-3,6-11,14H2. The van der Waals surface area contributed by atoms with Gasteiger partial charge in [-0.25, -0.2) is 0 Å². The Labute approximate surface area is 152 Å². The number of nitriles is 1. The molecule has 138 valence electrons. The van der Waals surface area contributed by atoms with Crippen LogP contribution in [-0.4, -0.2) is 66.4 Å². The minimum atomic E-state index is -0.442. The number of likely N-dealkylation sites (tertiary alicyclic amines) is 1. The first-order valence-corrected chi connectivity index (χ1v) is 9.02. The van der Waals surface area contributed by atoms with Crippen molar-refractivity contribution in [3.05, 3.63) is 33.9 Å². The number of hydrogen-bond acceptors (Lipinski definition) is 6. The minimum absolute atomic E-state index is 0.0399. The molecule has 0 aliphatic carbocycles. The summed E-state index contributed by atoms with van der Waals surface area (Å²) in [6.07, 6.45) is 3.37. The minimum Gasteiger partial charge on any atom is -0.363 e. The molecule has 8 heteroatoms. The molecular weight excluding hydrogens is 334 g/mol. The normalized spacial score (nSPS) is 18.4. The topological polar surface area (TPSA) is 93.7 Å². The molecule has 1 aromatic carbocycles. The molecule has 2 aliphatic heterocycles. The molecule has 0 spiro atoms. The molecule has 2 saturated heterocycles. The van der Waals surface area contributed by atoms with Crippen LogP contribution in [0.25, 0.3) is 0 Å². The Morgan fingerprint density at radius 1 is 1.12 bits per heavy atom. The molecule has 2 heterocycles. The Balaban J connectivity index is 1.59. The van der Waals surface area contributed by atoms with Crippen molar-refractivity contribution in [3.63, 3.8) is 0 Å². The van der Waals surface area contributed by atoms with Gasteiger partial charge in [0.15, 0.2) is 0 Å². The van der Waals surface area contributed by atoms with E-state index in [0.29, 0.717) is 38.4 Å². The van der Waals surface area contributed by atoms with Gasteiger partial charge in [-0.3, -0.25) is 19.8 Å². The van der Waals surface area contributed by atoms with E-state index in [1.165, 1.54) is 12.5 Å². The molecule has 8 nitrogen and oxygen atoms in total. The highest BCUT2D eigenvalue weighted by molar-refractivity contribution is 5.78. The Morgan fingerprint density at radius 2 is 1.81 bits per heavy atom. The smallest absolute Gasteiger partial charge is 0.293 e. The third-order valence-electron chi connectivity index (χ3n) is 5.08. The van der Waals surface area contributed by atoms with Crippen molar-refractivity contribution >= 4 is 17.3 Å². The first-order chi connectivity index (χ1) is 12.6. The SMILES string of the molecule is N#Cc1ccc(N2CCN(CC(=O)N3CCCCC3)CC2)c([N+](=O)[O-])c1. The van der Waals surface area contributed by atoms with Crippen molar-refractivity contribution in [2.24, 2.45) is 0 Å². The van der Waals surface area contributed by atoms with Gasteiger partial charge in [0, 0.05) is 45.3 Å². The van der Waals surface area contributed by atoms with Gasteiger partial charge in [0.05, 0.1) is 23.1 Å². The fraction of sp³-hybridized carbons (Fsp3) is 0.556. The molecule has 26 heavy (non-hydrogen) atoms. The molecule has 0 N–H and O–H groups in total. The van der Waals surface area contributed by atoms with Gasteiger partial charge < -0.3 is 9.80 Å². The fourth-order valence-corrected chi connectivity index (χ4v) is 3.59. The number of nitro benzene ring substituents is 1. The summed E-state index contributed by atoms with van der Waals surface area (Å²) in [4.78, 5) is 29.3. The van der Waals surface area contributed by atoms with E-state index in [1.807, 2.05) is 15.9 Å². The number of carbonyl (C=O) groups is 1. The molecule has 1 amide bonds. The van der Waals surface area contributed by atoms with Crippen molar-refractivity contribution in [1.29, 1.82) is 5.26 Å². The second-order valence-electron chi connectivity index (χ2n) is 6.78. The number of nitro groups is 1. The van der Waals surface area contributed by atoms with E-state index in [4.69, 9.17) is 5.26 Å². The van der Waals surface area contributed by atoms with Gasteiger partial charge in [0.1, 0.15) is 5.69 Å². The lowest BCUT2D eigenvalue weighted by Gasteiger charge is -2.36. The van der Waals surface area contributed by atoms with E-state index in [0.717, 1.165) is 25.9 Å². The molecule has 2 fully saturated rings. The first kappa shape index (κ1) is 18.1. The summed E-state index contributed by atoms with van der Waals surface area (Å²) in [6.45, 7) is 4.77. The number of carbonyl (C=O) groups excluding carboxylic acids is 1. The fourth-order valence-electron chi connectivity index (χ4n) is 3.59. The summed E-state index contributed by atoms with van der Waals surface area (Å²) in [5.41, 5.74) is 0.782. The number of nitrogens with zero attached hydrogens (tertiary/aromatic N) is 5. The average molecular weight is 357 g/mol. The van der Waals surface area contributed by atoms with Crippen LogP contribution < -0.4 is 4.90 Å². The van der Waals surface area contributed by atoms with Crippen LogP contribution in [0.5, 0.6) is 0 Å². The zero-order chi connectivity index (χ0) is 18.5. The Kier molecular flexibility index (Phi) is 5.68. The molecule has 0 saturated carbocycles. The number of benzene rings is 1. The Morgan fingerprint density at radius 3 is 2.42 bits per heavy atom. The van der Waals surface area contributed by atoms with Crippen LogP contribution in [0.2, 0.25) is 0 Å². The number of hydrogen-bond donors (Lipinski definition) is 0. The van der Waals surface area contributed by atoms with E-state index in [-0.39, 0.29) is 17.2 Å². The van der Waals surface area contributed by atoms with Crippen LogP contribution in [0.1, 0.15) is 24.8 Å². The van der Waals surface area contributed by atoms with Gasteiger partial charge in [0.2, 0.25) is 5.91 Å². The number of piperidine rings is 1. The molecule has 0 bridgehead atoms. The lowest BCUT2D eigenvalue weighted by atomic mass is 10.1. The van der Waals surface area contributed by atoms with E-state index in [9.17, 15) is 14.9 Å². The first-order valence-electron chi connectivity index (χ1n) is 9.02. The summed E-state index contributed by atoms with van der Waals surface area (Å²) in [5.74, 6) is 0.183. The van der Waals surface area contributed by atoms with Gasteiger partial charge in [-0.1, -0.05) is 0 Å². The summed E-state index contributed by atoms with van der Waals surface area (Å²) >= 11 is 0. The molecule has 0 unspecified atom stereocenters. The van der Waals surface area contributed by atoms with Gasteiger partial charge in [-0.2, -0.15) is 5.26 Å². The Hall–Kier alpha value is -2.66. The Bertz CT molecular complexity index is 716. The maximum absolute atomic E-state index is 12.4. The number of amides is 1. The van der Waals surface area contributed by atoms with Gasteiger partial charge >= 0.3 is 0 Å². The lowest BCUT2D eigenvalue weighted by molar-refractivity contribution is -0.384.